The summed E-state index contributed by atoms with van der Waals surface area (Å²) in [5, 5.41) is 8.28. The number of ether oxygens (including phenoxy) is 2. The summed E-state index contributed by atoms with van der Waals surface area (Å²) in [6, 6.07) is 11.3. The van der Waals surface area contributed by atoms with Crippen LogP contribution in [-0.2, 0) is 16.2 Å². The van der Waals surface area contributed by atoms with Crippen molar-refractivity contribution in [1.82, 2.24) is 4.90 Å². The van der Waals surface area contributed by atoms with Gasteiger partial charge in [0, 0.05) is 4.47 Å². The molecule has 2 aromatic rings. The molecular formula is C21H17BrINO6S. The number of hydrogen-bond acceptors (Lipinski definition) is 6. The van der Waals surface area contributed by atoms with Crippen LogP contribution in [0.2, 0.25) is 0 Å². The third kappa shape index (κ3) is 6.01. The van der Waals surface area contributed by atoms with Gasteiger partial charge in [-0.2, -0.15) is 0 Å². The van der Waals surface area contributed by atoms with Crippen molar-refractivity contribution in [3.05, 3.63) is 60.5 Å². The number of rotatable bonds is 8. The first-order valence-corrected chi connectivity index (χ1v) is 11.8. The summed E-state index contributed by atoms with van der Waals surface area (Å²) in [4.78, 5) is 36.1. The zero-order valence-corrected chi connectivity index (χ0v) is 20.8. The number of carboxylic acid groups (broad SMARTS) is 1. The summed E-state index contributed by atoms with van der Waals surface area (Å²) in [5.74, 6) is -0.769. The van der Waals surface area contributed by atoms with Gasteiger partial charge in [-0.1, -0.05) is 28.1 Å². The van der Waals surface area contributed by atoms with E-state index in [-0.39, 0.29) is 4.91 Å². The molecule has 0 aliphatic carbocycles. The summed E-state index contributed by atoms with van der Waals surface area (Å²) in [6.07, 6.45) is 1.55. The molecule has 1 heterocycles. The van der Waals surface area contributed by atoms with Gasteiger partial charge in [0.1, 0.15) is 13.2 Å². The van der Waals surface area contributed by atoms with Crippen molar-refractivity contribution in [2.75, 3.05) is 13.2 Å². The van der Waals surface area contributed by atoms with Crippen molar-refractivity contribution in [3.63, 3.8) is 0 Å². The van der Waals surface area contributed by atoms with E-state index in [0.29, 0.717) is 46.9 Å². The second-order valence-electron chi connectivity index (χ2n) is 6.34. The normalized spacial score (nSPS) is 14.9. The molecule has 0 radical (unpaired) electrons. The smallest absolute Gasteiger partial charge is 0.323 e. The van der Waals surface area contributed by atoms with Gasteiger partial charge >= 0.3 is 5.97 Å². The molecule has 2 amide bonds. The Bertz CT molecular complexity index is 1060. The maximum atomic E-state index is 12.4. The van der Waals surface area contributed by atoms with Crippen LogP contribution < -0.4 is 9.47 Å². The number of carboxylic acids is 1. The number of aliphatic carboxylic acids is 1. The first kappa shape index (κ1) is 23.6. The van der Waals surface area contributed by atoms with Gasteiger partial charge in [0.2, 0.25) is 0 Å². The summed E-state index contributed by atoms with van der Waals surface area (Å²) in [5.41, 5.74) is 1.64. The highest BCUT2D eigenvalue weighted by Crippen LogP contribution is 2.37. The number of carbonyl (C=O) groups excluding carboxylic acids is 2. The van der Waals surface area contributed by atoms with E-state index < -0.39 is 23.7 Å². The molecular weight excluding hydrogens is 601 g/mol. The van der Waals surface area contributed by atoms with Gasteiger partial charge in [-0.3, -0.25) is 19.3 Å². The van der Waals surface area contributed by atoms with E-state index >= 15 is 0 Å². The number of imide groups is 1. The highest BCUT2D eigenvalue weighted by atomic mass is 127. The van der Waals surface area contributed by atoms with Crippen molar-refractivity contribution in [2.24, 2.45) is 0 Å². The molecule has 1 aliphatic rings. The molecule has 1 N–H and O–H groups in total. The first-order chi connectivity index (χ1) is 14.8. The van der Waals surface area contributed by atoms with Gasteiger partial charge in [-0.25, -0.2) is 0 Å². The minimum absolute atomic E-state index is 0.160. The number of thioether (sulfide) groups is 1. The molecule has 0 aromatic heterocycles. The third-order valence-corrected chi connectivity index (χ3v) is 6.33. The predicted molar refractivity (Wildman–Crippen MR) is 129 cm³/mol. The number of benzene rings is 2. The summed E-state index contributed by atoms with van der Waals surface area (Å²) in [7, 11) is 0. The maximum Gasteiger partial charge on any atom is 0.323 e. The Morgan fingerprint density at radius 1 is 1.23 bits per heavy atom. The molecule has 3 rings (SSSR count). The molecule has 1 fully saturated rings. The number of amides is 2. The third-order valence-electron chi connectivity index (χ3n) is 4.09. The van der Waals surface area contributed by atoms with Crippen LogP contribution in [0.5, 0.6) is 11.5 Å². The second-order valence-corrected chi connectivity index (χ2v) is 9.41. The minimum atomic E-state index is -1.25. The molecule has 10 heteroatoms. The Labute approximate surface area is 205 Å². The van der Waals surface area contributed by atoms with Crippen LogP contribution in [0, 0.1) is 3.57 Å². The lowest BCUT2D eigenvalue weighted by atomic mass is 10.1. The van der Waals surface area contributed by atoms with E-state index in [1.807, 2.05) is 37.3 Å². The van der Waals surface area contributed by atoms with Crippen molar-refractivity contribution in [2.45, 2.75) is 13.5 Å². The lowest BCUT2D eigenvalue weighted by Crippen LogP contribution is -2.33. The number of nitrogens with zero attached hydrogens (tertiary/aromatic N) is 1. The summed E-state index contributed by atoms with van der Waals surface area (Å²) < 4.78 is 13.5. The van der Waals surface area contributed by atoms with E-state index in [9.17, 15) is 14.4 Å². The molecule has 162 valence electrons. The van der Waals surface area contributed by atoms with Crippen molar-refractivity contribution < 1.29 is 29.0 Å². The summed E-state index contributed by atoms with van der Waals surface area (Å²) in [6.45, 7) is 1.97. The SMILES string of the molecule is CCOc1cc(/C=C2/SC(=O)N(CC(=O)O)C2=O)cc(I)c1OCc1ccc(Br)cc1. The van der Waals surface area contributed by atoms with Crippen LogP contribution >= 0.6 is 50.3 Å². The lowest BCUT2D eigenvalue weighted by Gasteiger charge is -2.15. The predicted octanol–water partition coefficient (Wildman–Crippen LogP) is 5.15. The van der Waals surface area contributed by atoms with E-state index in [1.54, 1.807) is 12.1 Å². The Balaban J connectivity index is 1.85. The number of halogens is 2. The van der Waals surface area contributed by atoms with E-state index in [2.05, 4.69) is 38.5 Å². The zero-order chi connectivity index (χ0) is 22.5. The van der Waals surface area contributed by atoms with Crippen LogP contribution in [0.3, 0.4) is 0 Å². The second kappa shape index (κ2) is 10.5. The topological polar surface area (TPSA) is 93.1 Å². The molecule has 1 aliphatic heterocycles. The number of carbonyl (C=O) groups is 3. The number of hydrogen-bond donors (Lipinski definition) is 1. The Hall–Kier alpha value is -2.05. The van der Waals surface area contributed by atoms with Gasteiger partial charge < -0.3 is 14.6 Å². The van der Waals surface area contributed by atoms with E-state index in [0.717, 1.165) is 13.6 Å². The quantitative estimate of drug-likeness (QED) is 0.323. The largest absolute Gasteiger partial charge is 0.490 e. The molecule has 0 spiro atoms. The van der Waals surface area contributed by atoms with Gasteiger partial charge in [-0.15, -0.1) is 0 Å². The van der Waals surface area contributed by atoms with Crippen molar-refractivity contribution in [1.29, 1.82) is 0 Å². The highest BCUT2D eigenvalue weighted by molar-refractivity contribution is 14.1. The maximum absolute atomic E-state index is 12.4. The van der Waals surface area contributed by atoms with Gasteiger partial charge in [0.15, 0.2) is 11.5 Å². The molecule has 1 saturated heterocycles. The minimum Gasteiger partial charge on any atom is -0.490 e. The van der Waals surface area contributed by atoms with Crippen LogP contribution in [0.25, 0.3) is 6.08 Å². The zero-order valence-electron chi connectivity index (χ0n) is 16.3. The molecule has 31 heavy (non-hydrogen) atoms. The fraction of sp³-hybridized carbons (Fsp3) is 0.190. The molecule has 0 bridgehead atoms. The van der Waals surface area contributed by atoms with E-state index in [1.165, 1.54) is 0 Å². The molecule has 0 unspecified atom stereocenters. The molecule has 7 nitrogen and oxygen atoms in total. The van der Waals surface area contributed by atoms with Crippen molar-refractivity contribution in [3.8, 4) is 11.5 Å². The van der Waals surface area contributed by atoms with Crippen LogP contribution in [0.15, 0.2) is 45.8 Å². The first-order valence-electron chi connectivity index (χ1n) is 9.09. The Kier molecular flexibility index (Phi) is 8.00. The van der Waals surface area contributed by atoms with Gasteiger partial charge in [0.05, 0.1) is 15.1 Å². The Morgan fingerprint density at radius 2 is 1.94 bits per heavy atom. The van der Waals surface area contributed by atoms with Crippen molar-refractivity contribution >= 4 is 73.5 Å². The molecule has 0 atom stereocenters. The van der Waals surface area contributed by atoms with Gasteiger partial charge in [0.25, 0.3) is 11.1 Å². The Morgan fingerprint density at radius 3 is 2.58 bits per heavy atom. The highest BCUT2D eigenvalue weighted by Gasteiger charge is 2.36. The summed E-state index contributed by atoms with van der Waals surface area (Å²) >= 11 is 6.25. The monoisotopic (exact) mass is 617 g/mol. The van der Waals surface area contributed by atoms with Crippen LogP contribution in [0.4, 0.5) is 4.79 Å². The lowest BCUT2D eigenvalue weighted by molar-refractivity contribution is -0.140. The average Bonchev–Trinajstić information content (AvgIpc) is 2.96. The molecule has 2 aromatic carbocycles. The average molecular weight is 618 g/mol. The van der Waals surface area contributed by atoms with Gasteiger partial charge in [-0.05, 0) is 82.7 Å². The van der Waals surface area contributed by atoms with Crippen LogP contribution in [-0.4, -0.2) is 40.3 Å². The van der Waals surface area contributed by atoms with E-state index in [4.69, 9.17) is 14.6 Å². The fourth-order valence-electron chi connectivity index (χ4n) is 2.73. The van der Waals surface area contributed by atoms with Crippen LogP contribution in [0.1, 0.15) is 18.1 Å². The molecule has 0 saturated carbocycles. The fourth-order valence-corrected chi connectivity index (χ4v) is 4.62. The standard InChI is InChI=1S/C21H17BrINO6S/c1-2-29-16-8-13(9-17-20(27)24(10-18(25)26)21(28)31-17)7-15(23)19(16)30-11-12-3-5-14(22)6-4-12/h3-9H,2,10-11H2,1H3,(H,25,26)/b17-9+.